The molecule has 15 nitrogen and oxygen atoms in total. The van der Waals surface area contributed by atoms with Crippen molar-refractivity contribution < 1.29 is 38.4 Å². The van der Waals surface area contributed by atoms with Gasteiger partial charge in [0, 0.05) is 23.3 Å². The fraction of sp³-hybridized carbons (Fsp3) is 0.238. The van der Waals surface area contributed by atoms with E-state index in [4.69, 9.17) is 20.0 Å². The number of benzene rings is 1. The van der Waals surface area contributed by atoms with Gasteiger partial charge >= 0.3 is 11.9 Å². The van der Waals surface area contributed by atoms with Crippen LogP contribution in [0.25, 0.3) is 0 Å². The Morgan fingerprint density at radius 1 is 1.26 bits per heavy atom. The van der Waals surface area contributed by atoms with Gasteiger partial charge in [0.05, 0.1) is 10.5 Å². The zero-order chi connectivity index (χ0) is 27.4. The Morgan fingerprint density at radius 2 is 1.97 bits per heavy atom. The highest BCUT2D eigenvalue weighted by Crippen LogP contribution is 2.37. The van der Waals surface area contributed by atoms with Crippen molar-refractivity contribution in [3.63, 3.8) is 0 Å². The number of thioether (sulfide) groups is 1. The summed E-state index contributed by atoms with van der Waals surface area (Å²) in [4.78, 5) is 70.3. The number of esters is 2. The van der Waals surface area contributed by atoms with E-state index in [-0.39, 0.29) is 33.5 Å². The van der Waals surface area contributed by atoms with Crippen molar-refractivity contribution in [1.82, 2.24) is 15.2 Å². The van der Waals surface area contributed by atoms with Crippen LogP contribution in [-0.4, -0.2) is 75.3 Å². The number of amides is 2. The average Bonchev–Trinajstić information content (AvgIpc) is 3.35. The fourth-order valence-electron chi connectivity index (χ4n) is 3.44. The lowest BCUT2D eigenvalue weighted by atomic mass is 10.0. The second kappa shape index (κ2) is 11.3. The number of rotatable bonds is 9. The van der Waals surface area contributed by atoms with E-state index >= 15 is 0 Å². The second-order valence-electron chi connectivity index (χ2n) is 7.45. The molecule has 198 valence electrons. The van der Waals surface area contributed by atoms with Crippen LogP contribution in [0.5, 0.6) is 0 Å². The number of nitrogens with one attached hydrogen (secondary N) is 1. The number of nitro benzene ring substituents is 1. The number of nitrogen functional groups attached to an aromatic ring is 1. The van der Waals surface area contributed by atoms with Crippen molar-refractivity contribution in [3.05, 3.63) is 62.8 Å². The van der Waals surface area contributed by atoms with Crippen molar-refractivity contribution in [2.75, 3.05) is 25.4 Å². The van der Waals surface area contributed by atoms with E-state index in [0.717, 1.165) is 23.5 Å². The molecule has 0 bridgehead atoms. The Labute approximate surface area is 221 Å². The molecule has 0 aliphatic carbocycles. The SMILES string of the molecule is CO/N=C(\C(=O)N[C@@H]1C(=O)N2C(C(=O)OCOC(=O)c3ccc([N+](=O)[O-])cc3)=CCS[C@H]12)c1csc(N)n1. The van der Waals surface area contributed by atoms with Crippen LogP contribution in [0.4, 0.5) is 10.8 Å². The normalized spacial score (nSPS) is 18.4. The molecule has 1 aromatic heterocycles. The van der Waals surface area contributed by atoms with Crippen LogP contribution >= 0.6 is 23.1 Å². The molecular weight excluding hydrogens is 544 g/mol. The zero-order valence-corrected chi connectivity index (χ0v) is 21.0. The molecule has 2 aliphatic rings. The third-order valence-corrected chi connectivity index (χ3v) is 7.06. The van der Waals surface area contributed by atoms with E-state index < -0.39 is 46.9 Å². The van der Waals surface area contributed by atoms with E-state index in [1.807, 2.05) is 0 Å². The number of carbonyl (C=O) groups excluding carboxylic acids is 4. The summed E-state index contributed by atoms with van der Waals surface area (Å²) in [6.07, 6.45) is 1.48. The summed E-state index contributed by atoms with van der Waals surface area (Å²) in [7, 11) is 1.25. The number of non-ortho nitro benzene ring substituents is 1. The Kier molecular flexibility index (Phi) is 7.87. The number of nitro groups is 1. The molecule has 17 heteroatoms. The van der Waals surface area contributed by atoms with E-state index in [1.54, 1.807) is 0 Å². The number of ether oxygens (including phenoxy) is 2. The third-order valence-electron chi connectivity index (χ3n) is 5.20. The first-order valence-corrected chi connectivity index (χ1v) is 12.5. The Hall–Kier alpha value is -4.51. The molecule has 38 heavy (non-hydrogen) atoms. The van der Waals surface area contributed by atoms with E-state index in [9.17, 15) is 29.3 Å². The second-order valence-corrected chi connectivity index (χ2v) is 9.49. The highest BCUT2D eigenvalue weighted by Gasteiger charge is 2.53. The van der Waals surface area contributed by atoms with Crippen LogP contribution in [0.1, 0.15) is 16.1 Å². The van der Waals surface area contributed by atoms with Gasteiger partial charge in [0.2, 0.25) is 6.79 Å². The predicted octanol–water partition coefficient (Wildman–Crippen LogP) is 0.626. The topological polar surface area (TPSA) is 206 Å². The number of hydrogen-bond acceptors (Lipinski definition) is 14. The molecule has 4 rings (SSSR count). The van der Waals surface area contributed by atoms with Gasteiger partial charge in [-0.15, -0.1) is 23.1 Å². The molecule has 1 aromatic carbocycles. The molecule has 3 N–H and O–H groups in total. The first kappa shape index (κ1) is 26.6. The minimum atomic E-state index is -0.956. The van der Waals surface area contributed by atoms with Crippen LogP contribution in [0.3, 0.4) is 0 Å². The minimum absolute atomic E-state index is 0.0215. The highest BCUT2D eigenvalue weighted by molar-refractivity contribution is 8.00. The van der Waals surface area contributed by atoms with Gasteiger partial charge in [-0.3, -0.25) is 24.6 Å². The van der Waals surface area contributed by atoms with Crippen molar-refractivity contribution >= 4 is 63.4 Å². The number of oxime groups is 1. The molecule has 2 aromatic rings. The molecule has 0 spiro atoms. The Morgan fingerprint density at radius 3 is 2.61 bits per heavy atom. The number of hydrogen-bond donors (Lipinski definition) is 2. The van der Waals surface area contributed by atoms with Gasteiger partial charge in [-0.25, -0.2) is 14.6 Å². The largest absolute Gasteiger partial charge is 0.424 e. The van der Waals surface area contributed by atoms with Gasteiger partial charge in [0.15, 0.2) is 10.8 Å². The van der Waals surface area contributed by atoms with Gasteiger partial charge in [-0.2, -0.15) is 0 Å². The molecule has 2 aliphatic heterocycles. The molecule has 0 saturated carbocycles. The summed E-state index contributed by atoms with van der Waals surface area (Å²) in [5, 5.41) is 18.1. The fourth-order valence-corrected chi connectivity index (χ4v) is 5.19. The first-order chi connectivity index (χ1) is 18.2. The molecule has 2 atom stereocenters. The Bertz CT molecular complexity index is 1360. The van der Waals surface area contributed by atoms with Gasteiger partial charge in [-0.1, -0.05) is 5.16 Å². The summed E-state index contributed by atoms with van der Waals surface area (Å²) in [6, 6.07) is 3.71. The zero-order valence-electron chi connectivity index (χ0n) is 19.4. The number of anilines is 1. The van der Waals surface area contributed by atoms with Gasteiger partial charge in [-0.05, 0) is 18.2 Å². The van der Waals surface area contributed by atoms with Crippen LogP contribution in [0, 0.1) is 10.1 Å². The maximum absolute atomic E-state index is 12.8. The molecular formula is C21H18N6O9S2. The lowest BCUT2D eigenvalue weighted by Gasteiger charge is -2.48. The maximum atomic E-state index is 12.8. The van der Waals surface area contributed by atoms with Crippen LogP contribution in [0.2, 0.25) is 0 Å². The standard InChI is InChI=1S/C21H18N6O9S2/c1-34-25-14(12-8-38-21(22)23-12)16(28)24-15-17(29)26-13(6-7-37-18(15)26)20(31)36-9-35-19(30)10-2-4-11(5-3-10)27(32)33/h2-6,8,15,18H,7,9H2,1H3,(H2,22,23)(H,24,28)/b25-14-/t15-,18-/m1/s1. The van der Waals surface area contributed by atoms with Crippen molar-refractivity contribution in [3.8, 4) is 0 Å². The molecule has 1 fully saturated rings. The highest BCUT2D eigenvalue weighted by atomic mass is 32.2. The van der Waals surface area contributed by atoms with E-state index in [2.05, 4.69) is 15.5 Å². The number of β-lactam (4-membered cyclic amide) rings is 1. The molecule has 0 unspecified atom stereocenters. The van der Waals surface area contributed by atoms with E-state index in [1.165, 1.54) is 47.4 Å². The summed E-state index contributed by atoms with van der Waals surface area (Å²) in [5.41, 5.74) is 5.39. The van der Waals surface area contributed by atoms with Crippen LogP contribution in [0.15, 0.2) is 46.6 Å². The van der Waals surface area contributed by atoms with Gasteiger partial charge in [0.25, 0.3) is 17.5 Å². The van der Waals surface area contributed by atoms with Crippen molar-refractivity contribution in [2.45, 2.75) is 11.4 Å². The number of carbonyl (C=O) groups is 4. The lowest BCUT2D eigenvalue weighted by molar-refractivity contribution is -0.384. The van der Waals surface area contributed by atoms with Crippen LogP contribution in [-0.2, 0) is 28.7 Å². The monoisotopic (exact) mass is 562 g/mol. The summed E-state index contributed by atoms with van der Waals surface area (Å²) < 4.78 is 9.86. The van der Waals surface area contributed by atoms with Crippen molar-refractivity contribution in [2.24, 2.45) is 5.16 Å². The number of aromatic nitrogens is 1. The predicted molar refractivity (Wildman–Crippen MR) is 133 cm³/mol. The molecule has 2 amide bonds. The van der Waals surface area contributed by atoms with Crippen LogP contribution < -0.4 is 11.1 Å². The number of nitrogens with two attached hydrogens (primary N) is 1. The summed E-state index contributed by atoms with van der Waals surface area (Å²) in [6.45, 7) is -0.750. The quantitative estimate of drug-likeness (QED) is 0.108. The third kappa shape index (κ3) is 5.42. The molecule has 3 heterocycles. The first-order valence-electron chi connectivity index (χ1n) is 10.6. The van der Waals surface area contributed by atoms with E-state index in [0.29, 0.717) is 5.75 Å². The average molecular weight is 563 g/mol. The van der Waals surface area contributed by atoms with Gasteiger partial charge < -0.3 is 25.4 Å². The summed E-state index contributed by atoms with van der Waals surface area (Å²) in [5.74, 6) is -2.71. The van der Waals surface area contributed by atoms with Crippen molar-refractivity contribution in [1.29, 1.82) is 0 Å². The molecule has 0 radical (unpaired) electrons. The Balaban J connectivity index is 1.32. The smallest absolute Gasteiger partial charge is 0.357 e. The number of fused-ring (bicyclic) bond motifs is 1. The lowest BCUT2D eigenvalue weighted by Crippen LogP contribution is -2.70. The maximum Gasteiger partial charge on any atom is 0.357 e. The van der Waals surface area contributed by atoms with Gasteiger partial charge in [0.1, 0.15) is 29.9 Å². The minimum Gasteiger partial charge on any atom is -0.424 e. The molecule has 1 saturated heterocycles. The number of thiazole rings is 1. The number of nitrogens with zero attached hydrogens (tertiary/aromatic N) is 4. The summed E-state index contributed by atoms with van der Waals surface area (Å²) >= 11 is 2.41.